The van der Waals surface area contributed by atoms with Gasteiger partial charge in [0.15, 0.2) is 0 Å². The summed E-state index contributed by atoms with van der Waals surface area (Å²) in [5, 5.41) is 17.4. The predicted octanol–water partition coefficient (Wildman–Crippen LogP) is 6.97. The topological polar surface area (TPSA) is 170 Å². The SMILES string of the molecule is CN1[CH-]N(c2[c-]c(C3(c4cc[n-]n4)c4cnccc4-c4ccncc43)ccc2)c2nccnc21.CN1[CH-]N(c2[c-]c(C3(c4cc[n-]n4)c4cnccc4-c4ccncc43)ccc2)c2nccnc21.[Pt].[Pt]. The molecule has 0 atom stereocenters. The van der Waals surface area contributed by atoms with E-state index in [9.17, 15) is 0 Å². The molecule has 18 heteroatoms. The zero-order valence-corrected chi connectivity index (χ0v) is 41.5. The van der Waals surface area contributed by atoms with E-state index in [2.05, 4.69) is 84.5 Å². The second kappa shape index (κ2) is 17.6. The number of aromatic nitrogens is 12. The van der Waals surface area contributed by atoms with Crippen LogP contribution in [0.4, 0.5) is 34.6 Å². The molecular formula is C52H34N16Pt2-6. The van der Waals surface area contributed by atoms with Crippen LogP contribution in [0, 0.1) is 25.5 Å². The molecule has 0 spiro atoms. The first-order valence-corrected chi connectivity index (χ1v) is 21.7. The molecule has 0 saturated carbocycles. The van der Waals surface area contributed by atoms with Crippen molar-refractivity contribution in [2.75, 3.05) is 33.7 Å². The fraction of sp³-hybridized carbons (Fsp3) is 0.0769. The van der Waals surface area contributed by atoms with E-state index in [4.69, 9.17) is 0 Å². The van der Waals surface area contributed by atoms with Crippen molar-refractivity contribution in [1.29, 1.82) is 0 Å². The van der Waals surface area contributed by atoms with Crippen LogP contribution in [0.15, 0.2) is 160 Å². The van der Waals surface area contributed by atoms with Crippen molar-refractivity contribution in [3.63, 3.8) is 0 Å². The summed E-state index contributed by atoms with van der Waals surface area (Å²) in [4.78, 5) is 43.9. The molecule has 0 unspecified atom stereocenters. The van der Waals surface area contributed by atoms with Crippen LogP contribution in [0.25, 0.3) is 22.3 Å². The molecule has 14 rings (SSSR count). The van der Waals surface area contributed by atoms with Crippen LogP contribution >= 0.6 is 0 Å². The molecule has 16 nitrogen and oxygen atoms in total. The number of hydrogen-bond acceptors (Lipinski definition) is 14. The van der Waals surface area contributed by atoms with Gasteiger partial charge in [0, 0.05) is 128 Å². The Balaban J connectivity index is 0.000000148. The molecule has 4 aliphatic rings. The molecule has 2 aliphatic heterocycles. The summed E-state index contributed by atoms with van der Waals surface area (Å²) in [5.74, 6) is 3.11. The van der Waals surface area contributed by atoms with Gasteiger partial charge in [0.05, 0.1) is 10.8 Å². The third-order valence-electron chi connectivity index (χ3n) is 13.1. The monoisotopic (exact) mass is 1270 g/mol. The minimum Gasteiger partial charge on any atom is -0.581 e. The van der Waals surface area contributed by atoms with Crippen molar-refractivity contribution in [2.24, 2.45) is 0 Å². The van der Waals surface area contributed by atoms with Gasteiger partial charge in [0.1, 0.15) is 23.3 Å². The number of hydrogen-bond donors (Lipinski definition) is 0. The van der Waals surface area contributed by atoms with Gasteiger partial charge in [-0.1, -0.05) is 12.1 Å². The van der Waals surface area contributed by atoms with E-state index in [1.54, 1.807) is 37.2 Å². The summed E-state index contributed by atoms with van der Waals surface area (Å²) < 4.78 is 0. The Bertz CT molecular complexity index is 3210. The number of benzene rings is 2. The Hall–Kier alpha value is -7.80. The largest absolute Gasteiger partial charge is 0.581 e. The number of rotatable bonds is 6. The van der Waals surface area contributed by atoms with Gasteiger partial charge in [0.25, 0.3) is 0 Å². The summed E-state index contributed by atoms with van der Waals surface area (Å²) in [6, 6.07) is 31.7. The normalized spacial score (nSPS) is 14.8. The molecule has 2 aliphatic carbocycles. The van der Waals surface area contributed by atoms with Crippen LogP contribution in [0.3, 0.4) is 0 Å². The van der Waals surface area contributed by atoms with Gasteiger partial charge < -0.3 is 40.0 Å². The van der Waals surface area contributed by atoms with Crippen LogP contribution in [-0.4, -0.2) is 64.2 Å². The van der Waals surface area contributed by atoms with E-state index in [0.717, 1.165) is 102 Å². The van der Waals surface area contributed by atoms with Crippen LogP contribution in [0.5, 0.6) is 0 Å². The van der Waals surface area contributed by atoms with Crippen molar-refractivity contribution >= 4 is 34.6 Å². The Morgan fingerprint density at radius 1 is 0.443 bits per heavy atom. The van der Waals surface area contributed by atoms with E-state index in [-0.39, 0.29) is 42.1 Å². The van der Waals surface area contributed by atoms with Crippen molar-refractivity contribution in [2.45, 2.75) is 10.8 Å². The summed E-state index contributed by atoms with van der Waals surface area (Å²) in [7, 11) is 3.92. The number of anilines is 6. The van der Waals surface area contributed by atoms with E-state index < -0.39 is 10.8 Å². The van der Waals surface area contributed by atoms with Crippen LogP contribution < -0.4 is 29.8 Å². The van der Waals surface area contributed by atoms with Gasteiger partial charge >= 0.3 is 0 Å². The summed E-state index contributed by atoms with van der Waals surface area (Å²) in [6.45, 7) is 3.93. The minimum atomic E-state index is -0.740. The first kappa shape index (κ1) is 44.7. The molecule has 8 aromatic heterocycles. The zero-order chi connectivity index (χ0) is 45.4. The maximum atomic E-state index is 4.56. The Morgan fingerprint density at radius 2 is 0.800 bits per heavy atom. The quantitative estimate of drug-likeness (QED) is 0.156. The standard InChI is InChI=1S/2C26H17N8.2Pt/c2*1-33-16-34(25-24(33)29-11-12-30-25)18-4-2-3-17(13-18)26(23-7-10-31-32-23)21-14-27-8-5-19(21)20-6-9-28-15-22(20)26;;/h2*2-12,14-16H,1H3;;/q2*-3;;. The maximum absolute atomic E-state index is 4.56. The van der Waals surface area contributed by atoms with E-state index in [0.29, 0.717) is 0 Å². The molecule has 0 radical (unpaired) electrons. The molecule has 2 aromatic carbocycles. The third kappa shape index (κ3) is 6.50. The first-order valence-electron chi connectivity index (χ1n) is 21.7. The minimum absolute atomic E-state index is 0. The summed E-state index contributed by atoms with van der Waals surface area (Å²) >= 11 is 0. The molecular weight excluding hydrogens is 1240 g/mol. The Morgan fingerprint density at radius 3 is 1.14 bits per heavy atom. The van der Waals surface area contributed by atoms with Crippen molar-refractivity contribution < 1.29 is 42.1 Å². The van der Waals surface area contributed by atoms with Gasteiger partial charge in [-0.2, -0.15) is 60.9 Å². The fourth-order valence-electron chi connectivity index (χ4n) is 10.3. The average molecular weight is 1270 g/mol. The van der Waals surface area contributed by atoms with Gasteiger partial charge in [-0.3, -0.25) is 19.9 Å². The molecule has 10 heterocycles. The van der Waals surface area contributed by atoms with Crippen molar-refractivity contribution in [1.82, 2.24) is 60.3 Å². The Labute approximate surface area is 430 Å². The van der Waals surface area contributed by atoms with Gasteiger partial charge in [0.2, 0.25) is 0 Å². The van der Waals surface area contributed by atoms with Gasteiger partial charge in [-0.05, 0) is 82.9 Å². The van der Waals surface area contributed by atoms with Crippen LogP contribution in [0.1, 0.15) is 44.8 Å². The van der Waals surface area contributed by atoms with E-state index in [1.165, 1.54) is 0 Å². The fourth-order valence-corrected chi connectivity index (χ4v) is 10.3. The van der Waals surface area contributed by atoms with Crippen molar-refractivity contribution in [3.05, 3.63) is 230 Å². The summed E-state index contributed by atoms with van der Waals surface area (Å²) in [6.07, 6.45) is 25.2. The predicted molar refractivity (Wildman–Crippen MR) is 252 cm³/mol. The third-order valence-corrected chi connectivity index (χ3v) is 13.1. The molecule has 0 N–H and O–H groups in total. The number of fused-ring (bicyclic) bond motifs is 8. The van der Waals surface area contributed by atoms with E-state index >= 15 is 0 Å². The second-order valence-corrected chi connectivity index (χ2v) is 16.5. The van der Waals surface area contributed by atoms with Gasteiger partial charge in [-0.15, -0.1) is 35.8 Å². The maximum Gasteiger partial charge on any atom is 0.143 e. The zero-order valence-electron chi connectivity index (χ0n) is 37.0. The molecule has 0 bridgehead atoms. The second-order valence-electron chi connectivity index (χ2n) is 16.5. The first-order chi connectivity index (χ1) is 33.6. The van der Waals surface area contributed by atoms with Gasteiger partial charge in [-0.25, -0.2) is 19.9 Å². The summed E-state index contributed by atoms with van der Waals surface area (Å²) in [5.41, 5.74) is 12.3. The number of nitrogens with zero attached hydrogens (tertiary/aromatic N) is 16. The molecule has 0 amide bonds. The molecule has 348 valence electrons. The van der Waals surface area contributed by atoms with Crippen LogP contribution in [-0.2, 0) is 53.0 Å². The molecule has 0 saturated heterocycles. The molecule has 10 aromatic rings. The Kier molecular flexibility index (Phi) is 11.2. The van der Waals surface area contributed by atoms with E-state index in [1.807, 2.05) is 157 Å². The smallest absolute Gasteiger partial charge is 0.143 e. The number of pyridine rings is 4. The molecule has 0 fully saturated rings. The van der Waals surface area contributed by atoms with Crippen LogP contribution in [0.2, 0.25) is 0 Å². The average Bonchev–Trinajstić information content (AvgIpc) is 4.28. The van der Waals surface area contributed by atoms with Crippen molar-refractivity contribution in [3.8, 4) is 22.3 Å². The molecule has 70 heavy (non-hydrogen) atoms.